The van der Waals surface area contributed by atoms with Gasteiger partial charge in [0.05, 0.1) is 23.2 Å². The molecule has 0 saturated carbocycles. The minimum atomic E-state index is -1.29. The number of amides is 3. The number of aromatic nitrogens is 2. The number of benzene rings is 1. The van der Waals surface area contributed by atoms with E-state index in [1.807, 2.05) is 0 Å². The van der Waals surface area contributed by atoms with Gasteiger partial charge in [0.2, 0.25) is 5.91 Å². The molecule has 0 spiro atoms. The van der Waals surface area contributed by atoms with E-state index in [-0.39, 0.29) is 44.0 Å². The zero-order valence-corrected chi connectivity index (χ0v) is 16.4. The van der Waals surface area contributed by atoms with E-state index in [4.69, 9.17) is 5.11 Å². The molecule has 0 radical (unpaired) electrons. The van der Waals surface area contributed by atoms with Crippen molar-refractivity contribution in [3.05, 3.63) is 17.9 Å². The van der Waals surface area contributed by atoms with Gasteiger partial charge >= 0.3 is 12.0 Å². The molecule has 2 aliphatic heterocycles. The molecule has 10 nitrogen and oxygen atoms in total. The van der Waals surface area contributed by atoms with Gasteiger partial charge in [0.15, 0.2) is 5.82 Å². The second kappa shape index (κ2) is 7.24. The third-order valence-corrected chi connectivity index (χ3v) is 5.72. The van der Waals surface area contributed by atoms with Crippen LogP contribution in [0.5, 0.6) is 0 Å². The number of anilines is 2. The van der Waals surface area contributed by atoms with Gasteiger partial charge in [0, 0.05) is 38.5 Å². The van der Waals surface area contributed by atoms with Crippen molar-refractivity contribution in [2.75, 3.05) is 29.4 Å². The number of carbonyl (C=O) groups excluding carboxylic acids is 2. The van der Waals surface area contributed by atoms with E-state index >= 15 is 4.39 Å². The van der Waals surface area contributed by atoms with Crippen LogP contribution in [0.2, 0.25) is 0 Å². The normalized spacial score (nSPS) is 19.3. The average Bonchev–Trinajstić information content (AvgIpc) is 2.96. The number of aliphatic hydroxyl groups is 1. The molecule has 2 fully saturated rings. The maximum atomic E-state index is 15.0. The van der Waals surface area contributed by atoms with Crippen molar-refractivity contribution in [1.82, 2.24) is 15.1 Å². The Morgan fingerprint density at radius 3 is 2.60 bits per heavy atom. The number of nitrogens with one attached hydrogen (secondary N) is 1. The van der Waals surface area contributed by atoms with Crippen molar-refractivity contribution in [1.29, 1.82) is 0 Å². The Bertz CT molecular complexity index is 1040. The monoisotopic (exact) mass is 419 g/mol. The molecule has 0 aliphatic carbocycles. The van der Waals surface area contributed by atoms with Crippen molar-refractivity contribution >= 4 is 40.3 Å². The summed E-state index contributed by atoms with van der Waals surface area (Å²) in [6.07, 6.45) is 0.232. The maximum Gasteiger partial charge on any atom is 0.329 e. The van der Waals surface area contributed by atoms with Crippen LogP contribution in [0.1, 0.15) is 25.7 Å². The largest absolute Gasteiger partial charge is 0.481 e. The second-order valence-electron chi connectivity index (χ2n) is 7.80. The molecule has 3 N–H and O–H groups in total. The molecule has 11 heteroatoms. The molecule has 1 aromatic heterocycles. The molecule has 2 saturated heterocycles. The zero-order valence-electron chi connectivity index (χ0n) is 16.4. The molecule has 3 amide bonds. The number of piperidine rings is 1. The van der Waals surface area contributed by atoms with Gasteiger partial charge in [-0.15, -0.1) is 0 Å². The lowest BCUT2D eigenvalue weighted by atomic mass is 9.88. The number of carbonyl (C=O) groups is 3. The van der Waals surface area contributed by atoms with Gasteiger partial charge < -0.3 is 15.1 Å². The van der Waals surface area contributed by atoms with Crippen molar-refractivity contribution in [2.45, 2.75) is 31.3 Å². The Morgan fingerprint density at radius 2 is 1.97 bits per heavy atom. The smallest absolute Gasteiger partial charge is 0.329 e. The van der Waals surface area contributed by atoms with Crippen LogP contribution in [0.25, 0.3) is 10.9 Å². The third-order valence-electron chi connectivity index (χ3n) is 5.72. The first-order chi connectivity index (χ1) is 14.2. The summed E-state index contributed by atoms with van der Waals surface area (Å²) in [6.45, 7) is 0.787. The highest BCUT2D eigenvalue weighted by Crippen LogP contribution is 2.35. The van der Waals surface area contributed by atoms with Crippen molar-refractivity contribution < 1.29 is 29.0 Å². The van der Waals surface area contributed by atoms with Crippen LogP contribution < -0.4 is 15.1 Å². The molecule has 0 atom stereocenters. The van der Waals surface area contributed by atoms with Crippen molar-refractivity contribution in [2.24, 2.45) is 7.05 Å². The number of fused-ring (bicyclic) bond motifs is 1. The summed E-state index contributed by atoms with van der Waals surface area (Å²) in [5.74, 6) is -1.66. The van der Waals surface area contributed by atoms with Gasteiger partial charge in [-0.1, -0.05) is 0 Å². The fourth-order valence-electron chi connectivity index (χ4n) is 4.08. The third kappa shape index (κ3) is 3.56. The molecule has 30 heavy (non-hydrogen) atoms. The standard InChI is InChI=1S/C19H22FN5O5/c1-23-13-9-14(24-6-3-19(30,4-7-24)10-16(27)28)12(20)8-11(13)17(22-23)25-5-2-15(26)21-18(25)29/h8-9,30H,2-7,10H2,1H3,(H,27,28)(H,21,26,29). The van der Waals surface area contributed by atoms with E-state index < -0.39 is 23.4 Å². The Hall–Kier alpha value is -3.21. The minimum Gasteiger partial charge on any atom is -0.481 e. The van der Waals surface area contributed by atoms with Crippen LogP contribution in [-0.4, -0.2) is 63.1 Å². The molecule has 0 unspecified atom stereocenters. The van der Waals surface area contributed by atoms with E-state index in [0.29, 0.717) is 29.7 Å². The lowest BCUT2D eigenvalue weighted by Crippen LogP contribution is -2.49. The van der Waals surface area contributed by atoms with Crippen LogP contribution in [-0.2, 0) is 16.6 Å². The Kier molecular flexibility index (Phi) is 4.85. The minimum absolute atomic E-state index is 0.136. The molecule has 160 valence electrons. The number of hydrogen-bond donors (Lipinski definition) is 3. The van der Waals surface area contributed by atoms with Gasteiger partial charge in [-0.25, -0.2) is 9.18 Å². The van der Waals surface area contributed by atoms with Crippen LogP contribution in [0.4, 0.5) is 20.7 Å². The summed E-state index contributed by atoms with van der Waals surface area (Å²) in [4.78, 5) is 37.6. The number of carboxylic acid groups (broad SMARTS) is 1. The summed E-state index contributed by atoms with van der Waals surface area (Å²) < 4.78 is 16.6. The number of halogens is 1. The van der Waals surface area contributed by atoms with E-state index in [0.717, 1.165) is 0 Å². The first kappa shape index (κ1) is 20.1. The number of aryl methyl sites for hydroxylation is 1. The first-order valence-electron chi connectivity index (χ1n) is 9.63. The molecule has 4 rings (SSSR count). The fraction of sp³-hybridized carbons (Fsp3) is 0.474. The Labute approximate surface area is 170 Å². The van der Waals surface area contributed by atoms with Gasteiger partial charge in [-0.3, -0.25) is 24.5 Å². The molecule has 2 aliphatic rings. The highest BCUT2D eigenvalue weighted by atomic mass is 19.1. The average molecular weight is 419 g/mol. The van der Waals surface area contributed by atoms with Gasteiger partial charge in [0.25, 0.3) is 0 Å². The number of urea groups is 1. The summed E-state index contributed by atoms with van der Waals surface area (Å²) >= 11 is 0. The van der Waals surface area contributed by atoms with Gasteiger partial charge in [-0.05, 0) is 25.0 Å². The lowest BCUT2D eigenvalue weighted by molar-refractivity contribution is -0.143. The highest BCUT2D eigenvalue weighted by molar-refractivity contribution is 6.09. The van der Waals surface area contributed by atoms with Crippen LogP contribution in [0.3, 0.4) is 0 Å². The van der Waals surface area contributed by atoms with Crippen molar-refractivity contribution in [3.63, 3.8) is 0 Å². The topological polar surface area (TPSA) is 128 Å². The number of imide groups is 1. The van der Waals surface area contributed by atoms with Gasteiger partial charge in [-0.2, -0.15) is 5.10 Å². The van der Waals surface area contributed by atoms with E-state index in [1.165, 1.54) is 11.0 Å². The quantitative estimate of drug-likeness (QED) is 0.674. The number of carboxylic acids is 1. The molecular formula is C19H22FN5O5. The van der Waals surface area contributed by atoms with Crippen LogP contribution >= 0.6 is 0 Å². The second-order valence-corrected chi connectivity index (χ2v) is 7.80. The van der Waals surface area contributed by atoms with E-state index in [9.17, 15) is 19.5 Å². The molecule has 2 aromatic rings. The number of aliphatic carboxylic acids is 1. The SMILES string of the molecule is Cn1nc(N2CCC(=O)NC2=O)c2cc(F)c(N3CCC(O)(CC(=O)O)CC3)cc21. The lowest BCUT2D eigenvalue weighted by Gasteiger charge is -2.38. The first-order valence-corrected chi connectivity index (χ1v) is 9.63. The van der Waals surface area contributed by atoms with Crippen LogP contribution in [0.15, 0.2) is 12.1 Å². The number of rotatable bonds is 4. The molecular weight excluding hydrogens is 397 g/mol. The highest BCUT2D eigenvalue weighted by Gasteiger charge is 2.35. The van der Waals surface area contributed by atoms with Crippen LogP contribution in [0, 0.1) is 5.82 Å². The van der Waals surface area contributed by atoms with Crippen molar-refractivity contribution in [3.8, 4) is 0 Å². The van der Waals surface area contributed by atoms with E-state index in [2.05, 4.69) is 10.4 Å². The summed E-state index contributed by atoms with van der Waals surface area (Å²) in [7, 11) is 1.68. The van der Waals surface area contributed by atoms with Gasteiger partial charge in [0.1, 0.15) is 5.82 Å². The maximum absolute atomic E-state index is 15.0. The molecule has 0 bridgehead atoms. The Morgan fingerprint density at radius 1 is 1.27 bits per heavy atom. The number of hydrogen-bond acceptors (Lipinski definition) is 6. The summed E-state index contributed by atoms with van der Waals surface area (Å²) in [5.41, 5.74) is -0.355. The molecule has 3 heterocycles. The predicted octanol–water partition coefficient (Wildman–Crippen LogP) is 0.965. The fourth-order valence-corrected chi connectivity index (χ4v) is 4.08. The summed E-state index contributed by atoms with van der Waals surface area (Å²) in [6, 6.07) is 2.36. The van der Waals surface area contributed by atoms with E-state index in [1.54, 1.807) is 22.7 Å². The Balaban J connectivity index is 1.62. The number of nitrogens with zero attached hydrogens (tertiary/aromatic N) is 4. The molecule has 1 aromatic carbocycles. The predicted molar refractivity (Wildman–Crippen MR) is 105 cm³/mol. The summed E-state index contributed by atoms with van der Waals surface area (Å²) in [5, 5.41) is 26.4. The zero-order chi connectivity index (χ0) is 21.6.